The van der Waals surface area contributed by atoms with Gasteiger partial charge in [-0.2, -0.15) is 0 Å². The summed E-state index contributed by atoms with van der Waals surface area (Å²) < 4.78 is 19.0. The number of halogens is 2. The Bertz CT molecular complexity index is 352. The molecule has 1 aromatic rings. The molecule has 4 heteroatoms. The van der Waals surface area contributed by atoms with Gasteiger partial charge in [0.2, 0.25) is 0 Å². The third-order valence-electron chi connectivity index (χ3n) is 1.91. The first-order valence-electron chi connectivity index (χ1n) is 4.71. The van der Waals surface area contributed by atoms with Crippen molar-refractivity contribution in [2.24, 2.45) is 0 Å². The number of hydrogen-bond acceptors (Lipinski definition) is 2. The molecule has 0 N–H and O–H groups in total. The van der Waals surface area contributed by atoms with Crippen molar-refractivity contribution in [3.05, 3.63) is 34.1 Å². The summed E-state index contributed by atoms with van der Waals surface area (Å²) in [6.07, 6.45) is 0.210. The monoisotopic (exact) mass is 274 g/mol. The lowest BCUT2D eigenvalue weighted by molar-refractivity contribution is 0.0892. The van der Waals surface area contributed by atoms with E-state index in [2.05, 4.69) is 15.9 Å². The topological polar surface area (TPSA) is 26.3 Å². The third-order valence-corrected chi connectivity index (χ3v) is 2.40. The number of ether oxygens (including phenoxy) is 1. The molecule has 0 amide bonds. The van der Waals surface area contributed by atoms with Crippen molar-refractivity contribution in [3.63, 3.8) is 0 Å². The zero-order chi connectivity index (χ0) is 11.3. The molecular formula is C11H12BrFO2. The van der Waals surface area contributed by atoms with Crippen LogP contribution in [-0.4, -0.2) is 19.0 Å². The van der Waals surface area contributed by atoms with Gasteiger partial charge >= 0.3 is 0 Å². The van der Waals surface area contributed by atoms with Crippen molar-refractivity contribution in [3.8, 4) is 0 Å². The molecular weight excluding hydrogens is 263 g/mol. The highest BCUT2D eigenvalue weighted by molar-refractivity contribution is 9.10. The lowest BCUT2D eigenvalue weighted by atomic mass is 10.1. The van der Waals surface area contributed by atoms with Crippen LogP contribution in [0.2, 0.25) is 0 Å². The second-order valence-electron chi connectivity index (χ2n) is 2.99. The molecule has 0 aliphatic heterocycles. The average molecular weight is 275 g/mol. The van der Waals surface area contributed by atoms with E-state index in [9.17, 15) is 9.18 Å². The number of carbonyl (C=O) groups is 1. The Morgan fingerprint density at radius 2 is 2.27 bits per heavy atom. The van der Waals surface area contributed by atoms with Crippen molar-refractivity contribution < 1.29 is 13.9 Å². The summed E-state index contributed by atoms with van der Waals surface area (Å²) in [5.74, 6) is -0.720. The largest absolute Gasteiger partial charge is 0.381 e. The van der Waals surface area contributed by atoms with E-state index in [-0.39, 0.29) is 17.8 Å². The van der Waals surface area contributed by atoms with Crippen LogP contribution in [0.5, 0.6) is 0 Å². The van der Waals surface area contributed by atoms with Crippen LogP contribution in [0.15, 0.2) is 22.7 Å². The van der Waals surface area contributed by atoms with Gasteiger partial charge in [-0.3, -0.25) is 4.79 Å². The van der Waals surface area contributed by atoms with Gasteiger partial charge in [0.05, 0.1) is 12.2 Å². The molecule has 0 heterocycles. The second kappa shape index (κ2) is 5.98. The number of hydrogen-bond donors (Lipinski definition) is 0. The van der Waals surface area contributed by atoms with Crippen LogP contribution in [-0.2, 0) is 4.74 Å². The summed E-state index contributed by atoms with van der Waals surface area (Å²) in [5, 5.41) is 0. The van der Waals surface area contributed by atoms with E-state index in [1.165, 1.54) is 12.1 Å². The van der Waals surface area contributed by atoms with Gasteiger partial charge in [-0.25, -0.2) is 4.39 Å². The maximum absolute atomic E-state index is 13.2. The molecule has 2 nitrogen and oxygen atoms in total. The van der Waals surface area contributed by atoms with Gasteiger partial charge < -0.3 is 4.74 Å². The van der Waals surface area contributed by atoms with E-state index in [4.69, 9.17) is 4.74 Å². The summed E-state index contributed by atoms with van der Waals surface area (Å²) in [6.45, 7) is 2.75. The van der Waals surface area contributed by atoms with Crippen LogP contribution < -0.4 is 0 Å². The van der Waals surface area contributed by atoms with Gasteiger partial charge in [0.15, 0.2) is 5.78 Å². The van der Waals surface area contributed by atoms with E-state index >= 15 is 0 Å². The molecule has 0 unspecified atom stereocenters. The van der Waals surface area contributed by atoms with Crippen LogP contribution in [0.1, 0.15) is 23.7 Å². The predicted octanol–water partition coefficient (Wildman–Crippen LogP) is 3.20. The molecule has 0 aromatic heterocycles. The Morgan fingerprint density at radius 3 is 2.93 bits per heavy atom. The van der Waals surface area contributed by atoms with Crippen molar-refractivity contribution in [1.82, 2.24) is 0 Å². The highest BCUT2D eigenvalue weighted by atomic mass is 79.9. The first-order valence-corrected chi connectivity index (χ1v) is 5.50. The smallest absolute Gasteiger partial charge is 0.168 e. The molecule has 0 saturated heterocycles. The highest BCUT2D eigenvalue weighted by Crippen LogP contribution is 2.16. The SMILES string of the molecule is CCOCCC(=O)c1cc(Br)ccc1F. The molecule has 1 rings (SSSR count). The minimum absolute atomic E-state index is 0.115. The lowest BCUT2D eigenvalue weighted by Gasteiger charge is -2.03. The van der Waals surface area contributed by atoms with E-state index in [0.717, 1.165) is 0 Å². The minimum Gasteiger partial charge on any atom is -0.381 e. The fourth-order valence-corrected chi connectivity index (χ4v) is 1.52. The number of ketones is 1. The zero-order valence-corrected chi connectivity index (χ0v) is 10.0. The molecule has 82 valence electrons. The van der Waals surface area contributed by atoms with Crippen LogP contribution in [0.3, 0.4) is 0 Å². The Hall–Kier alpha value is -0.740. The fourth-order valence-electron chi connectivity index (χ4n) is 1.16. The maximum atomic E-state index is 13.2. The first-order chi connectivity index (χ1) is 7.15. The molecule has 0 radical (unpaired) electrons. The number of benzene rings is 1. The summed E-state index contributed by atoms with van der Waals surface area (Å²) >= 11 is 3.20. The van der Waals surface area contributed by atoms with Gasteiger partial charge in [0, 0.05) is 17.5 Å². The van der Waals surface area contributed by atoms with Crippen molar-refractivity contribution >= 4 is 21.7 Å². The van der Waals surface area contributed by atoms with Crippen LogP contribution in [0.25, 0.3) is 0 Å². The number of Topliss-reactive ketones (excluding diaryl/α,β-unsaturated/α-hetero) is 1. The normalized spacial score (nSPS) is 10.3. The van der Waals surface area contributed by atoms with E-state index < -0.39 is 5.82 Å². The molecule has 0 spiro atoms. The highest BCUT2D eigenvalue weighted by Gasteiger charge is 2.11. The second-order valence-corrected chi connectivity index (χ2v) is 3.91. The average Bonchev–Trinajstić information content (AvgIpc) is 2.22. The Labute approximate surface area is 96.6 Å². The molecule has 0 fully saturated rings. The van der Waals surface area contributed by atoms with Gasteiger partial charge in [0.25, 0.3) is 0 Å². The van der Waals surface area contributed by atoms with Crippen LogP contribution >= 0.6 is 15.9 Å². The molecule has 0 saturated carbocycles. The Morgan fingerprint density at radius 1 is 1.53 bits per heavy atom. The summed E-state index contributed by atoms with van der Waals surface area (Å²) in [7, 11) is 0. The zero-order valence-electron chi connectivity index (χ0n) is 8.43. The molecule has 0 aliphatic rings. The molecule has 15 heavy (non-hydrogen) atoms. The Balaban J connectivity index is 2.68. The number of rotatable bonds is 5. The minimum atomic E-state index is -0.486. The standard InChI is InChI=1S/C11H12BrFO2/c1-2-15-6-5-11(14)9-7-8(12)3-4-10(9)13/h3-4,7H,2,5-6H2,1H3. The molecule has 0 atom stereocenters. The van der Waals surface area contributed by atoms with Crippen molar-refractivity contribution in [2.75, 3.05) is 13.2 Å². The van der Waals surface area contributed by atoms with E-state index in [1.54, 1.807) is 6.07 Å². The van der Waals surface area contributed by atoms with Crippen LogP contribution in [0.4, 0.5) is 4.39 Å². The van der Waals surface area contributed by atoms with Crippen LogP contribution in [0, 0.1) is 5.82 Å². The molecule has 0 aliphatic carbocycles. The van der Waals surface area contributed by atoms with Gasteiger partial charge in [0.1, 0.15) is 5.82 Å². The van der Waals surface area contributed by atoms with E-state index in [1.807, 2.05) is 6.92 Å². The van der Waals surface area contributed by atoms with Crippen molar-refractivity contribution in [2.45, 2.75) is 13.3 Å². The molecule has 1 aromatic carbocycles. The van der Waals surface area contributed by atoms with Gasteiger partial charge in [-0.1, -0.05) is 15.9 Å². The summed E-state index contributed by atoms with van der Waals surface area (Å²) in [6, 6.07) is 4.33. The number of carbonyl (C=O) groups excluding carboxylic acids is 1. The fraction of sp³-hybridized carbons (Fsp3) is 0.364. The summed E-state index contributed by atoms with van der Waals surface area (Å²) in [5.41, 5.74) is 0.115. The van der Waals surface area contributed by atoms with Crippen molar-refractivity contribution in [1.29, 1.82) is 0 Å². The third kappa shape index (κ3) is 3.72. The van der Waals surface area contributed by atoms with Gasteiger partial charge in [-0.15, -0.1) is 0 Å². The predicted molar refractivity (Wildman–Crippen MR) is 59.5 cm³/mol. The van der Waals surface area contributed by atoms with E-state index in [0.29, 0.717) is 17.7 Å². The quantitative estimate of drug-likeness (QED) is 0.609. The Kier molecular flexibility index (Phi) is 4.91. The maximum Gasteiger partial charge on any atom is 0.168 e. The lowest BCUT2D eigenvalue weighted by Crippen LogP contribution is -2.06. The first kappa shape index (κ1) is 12.3. The van der Waals surface area contributed by atoms with Gasteiger partial charge in [-0.05, 0) is 25.1 Å². The molecule has 0 bridgehead atoms. The summed E-state index contributed by atoms with van der Waals surface area (Å²) in [4.78, 5) is 11.6.